The van der Waals surface area contributed by atoms with Gasteiger partial charge in [0.15, 0.2) is 5.17 Å². The Morgan fingerprint density at radius 1 is 1.18 bits per heavy atom. The molecule has 22 heavy (non-hydrogen) atoms. The summed E-state index contributed by atoms with van der Waals surface area (Å²) in [5.74, 6) is 0.413. The lowest BCUT2D eigenvalue weighted by Gasteiger charge is -2.08. The number of nitrogens with one attached hydrogen (secondary N) is 1. The lowest BCUT2D eigenvalue weighted by Crippen LogP contribution is -2.19. The van der Waals surface area contributed by atoms with Gasteiger partial charge in [0, 0.05) is 5.56 Å². The van der Waals surface area contributed by atoms with E-state index in [-0.39, 0.29) is 5.91 Å². The third-order valence-corrected chi connectivity index (χ3v) is 5.01. The average Bonchev–Trinajstić information content (AvgIpc) is 3.13. The third kappa shape index (κ3) is 2.22. The largest absolute Gasteiger partial charge is 0.303 e. The second kappa shape index (κ2) is 5.25. The molecule has 0 unspecified atom stereocenters. The molecule has 2 aromatic rings. The molecule has 1 aliphatic carbocycles. The molecule has 2 aliphatic rings. The molecular weight excluding hydrogens is 294 g/mol. The number of benzene rings is 2. The minimum absolute atomic E-state index is 0.0121. The van der Waals surface area contributed by atoms with Crippen LogP contribution in [0.25, 0.3) is 10.8 Å². The lowest BCUT2D eigenvalue weighted by molar-refractivity contribution is -0.116. The van der Waals surface area contributed by atoms with Gasteiger partial charge < -0.3 is 5.32 Å². The van der Waals surface area contributed by atoms with Crippen molar-refractivity contribution in [2.75, 3.05) is 5.75 Å². The van der Waals surface area contributed by atoms with Crippen LogP contribution in [0.5, 0.6) is 0 Å². The number of rotatable bonds is 2. The average molecular weight is 309 g/mol. The van der Waals surface area contributed by atoms with Crippen LogP contribution in [-0.4, -0.2) is 22.5 Å². The van der Waals surface area contributed by atoms with Crippen LogP contribution in [0, 0.1) is 0 Å². The van der Waals surface area contributed by atoms with Gasteiger partial charge >= 0.3 is 0 Å². The molecule has 5 heteroatoms. The fourth-order valence-corrected chi connectivity index (χ4v) is 3.74. The normalized spacial score (nSPS) is 19.2. The molecule has 1 saturated heterocycles. The smallest absolute Gasteiger partial charge is 0.236 e. The van der Waals surface area contributed by atoms with Crippen LogP contribution in [0.4, 0.5) is 0 Å². The first-order chi connectivity index (χ1) is 10.7. The van der Waals surface area contributed by atoms with Crippen LogP contribution in [-0.2, 0) is 17.6 Å². The number of carbonyl (C=O) groups is 1. The highest BCUT2D eigenvalue weighted by molar-refractivity contribution is 8.15. The summed E-state index contributed by atoms with van der Waals surface area (Å²) in [6.07, 6.45) is 2.24. The fourth-order valence-electron chi connectivity index (χ4n) is 3.12. The van der Waals surface area contributed by atoms with Gasteiger partial charge in [-0.25, -0.2) is 0 Å². The van der Waals surface area contributed by atoms with Gasteiger partial charge in [-0.15, -0.1) is 5.10 Å². The van der Waals surface area contributed by atoms with Gasteiger partial charge in [0.05, 0.1) is 11.5 Å². The number of amidine groups is 1. The summed E-state index contributed by atoms with van der Waals surface area (Å²) in [6.45, 7) is 1.96. The Hall–Kier alpha value is -2.14. The zero-order chi connectivity index (χ0) is 15.1. The summed E-state index contributed by atoms with van der Waals surface area (Å²) in [7, 11) is 0. The molecular formula is C17H15N3OS. The van der Waals surface area contributed by atoms with Gasteiger partial charge in [0.25, 0.3) is 0 Å². The van der Waals surface area contributed by atoms with Crippen molar-refractivity contribution >= 4 is 39.3 Å². The Morgan fingerprint density at radius 3 is 2.77 bits per heavy atom. The maximum atomic E-state index is 11.2. The molecule has 0 aromatic heterocycles. The van der Waals surface area contributed by atoms with Crippen molar-refractivity contribution in [2.45, 2.75) is 19.8 Å². The van der Waals surface area contributed by atoms with E-state index in [1.807, 2.05) is 6.92 Å². The Morgan fingerprint density at radius 2 is 2.00 bits per heavy atom. The SMILES string of the molecule is C/C(=N/N=C1/NC(=O)CS1)c1ccc2c3c(cccc13)CC2. The zero-order valence-corrected chi connectivity index (χ0v) is 13.0. The molecule has 110 valence electrons. The minimum Gasteiger partial charge on any atom is -0.303 e. The third-order valence-electron chi connectivity index (χ3n) is 4.14. The van der Waals surface area contributed by atoms with Crippen molar-refractivity contribution in [1.82, 2.24) is 5.32 Å². The number of thioether (sulfide) groups is 1. The van der Waals surface area contributed by atoms with E-state index in [9.17, 15) is 4.79 Å². The van der Waals surface area contributed by atoms with Crippen LogP contribution >= 0.6 is 11.8 Å². The zero-order valence-electron chi connectivity index (χ0n) is 12.2. The van der Waals surface area contributed by atoms with Crippen molar-refractivity contribution in [3.8, 4) is 0 Å². The highest BCUT2D eigenvalue weighted by Crippen LogP contribution is 2.33. The summed E-state index contributed by atoms with van der Waals surface area (Å²) in [5.41, 5.74) is 4.82. The molecule has 0 atom stereocenters. The maximum Gasteiger partial charge on any atom is 0.236 e. The molecule has 0 bridgehead atoms. The number of nitrogens with zero attached hydrogens (tertiary/aromatic N) is 2. The summed E-state index contributed by atoms with van der Waals surface area (Å²) >= 11 is 1.39. The minimum atomic E-state index is -0.0121. The molecule has 4 rings (SSSR count). The lowest BCUT2D eigenvalue weighted by atomic mass is 9.98. The second-order valence-electron chi connectivity index (χ2n) is 5.54. The Balaban J connectivity index is 1.77. The summed E-state index contributed by atoms with van der Waals surface area (Å²) in [4.78, 5) is 11.2. The standard InChI is InChI=1S/C17H15N3OS/c1-10(19-20-17-18-15(21)9-22-17)13-8-7-12-6-5-11-3-2-4-14(13)16(11)12/h2-4,7-8H,5-6,9H2,1H3,(H,18,20,21)/b19-10-. The molecule has 1 amide bonds. The predicted octanol–water partition coefficient (Wildman–Crippen LogP) is 2.88. The van der Waals surface area contributed by atoms with Crippen molar-refractivity contribution in [3.63, 3.8) is 0 Å². The van der Waals surface area contributed by atoms with Gasteiger partial charge in [0.1, 0.15) is 0 Å². The van der Waals surface area contributed by atoms with E-state index >= 15 is 0 Å². The van der Waals surface area contributed by atoms with E-state index in [4.69, 9.17) is 0 Å². The number of hydrogen-bond donors (Lipinski definition) is 1. The molecule has 2 aromatic carbocycles. The molecule has 1 aliphatic heterocycles. The highest BCUT2D eigenvalue weighted by Gasteiger charge is 2.18. The van der Waals surface area contributed by atoms with Gasteiger partial charge in [-0.1, -0.05) is 42.1 Å². The molecule has 1 fully saturated rings. The molecule has 0 radical (unpaired) electrons. The van der Waals surface area contributed by atoms with Crippen molar-refractivity contribution in [2.24, 2.45) is 10.2 Å². The van der Waals surface area contributed by atoms with Crippen LogP contribution in [0.15, 0.2) is 40.5 Å². The van der Waals surface area contributed by atoms with Gasteiger partial charge in [-0.2, -0.15) is 5.10 Å². The van der Waals surface area contributed by atoms with Crippen molar-refractivity contribution < 1.29 is 4.79 Å². The van der Waals surface area contributed by atoms with E-state index in [2.05, 4.69) is 45.9 Å². The Bertz CT molecular complexity index is 844. The monoisotopic (exact) mass is 309 g/mol. The quantitative estimate of drug-likeness (QED) is 0.685. The van der Waals surface area contributed by atoms with Crippen LogP contribution in [0.1, 0.15) is 23.6 Å². The number of amides is 1. The molecule has 1 heterocycles. The summed E-state index contributed by atoms with van der Waals surface area (Å²) in [6, 6.07) is 10.8. The first-order valence-electron chi connectivity index (χ1n) is 7.31. The number of carbonyl (C=O) groups excluding carboxylic acids is 1. The summed E-state index contributed by atoms with van der Waals surface area (Å²) < 4.78 is 0. The van der Waals surface area contributed by atoms with Gasteiger partial charge in [0.2, 0.25) is 5.91 Å². The van der Waals surface area contributed by atoms with Crippen LogP contribution in [0.2, 0.25) is 0 Å². The van der Waals surface area contributed by atoms with Crippen molar-refractivity contribution in [1.29, 1.82) is 0 Å². The van der Waals surface area contributed by atoms with Gasteiger partial charge in [-0.3, -0.25) is 4.79 Å². The predicted molar refractivity (Wildman–Crippen MR) is 91.6 cm³/mol. The van der Waals surface area contributed by atoms with E-state index in [0.29, 0.717) is 10.9 Å². The van der Waals surface area contributed by atoms with Gasteiger partial charge in [-0.05, 0) is 41.7 Å². The molecule has 1 N–H and O–H groups in total. The van der Waals surface area contributed by atoms with Crippen molar-refractivity contribution in [3.05, 3.63) is 47.0 Å². The molecule has 4 nitrogen and oxygen atoms in total. The van der Waals surface area contributed by atoms with Crippen LogP contribution in [0.3, 0.4) is 0 Å². The second-order valence-corrected chi connectivity index (χ2v) is 6.50. The topological polar surface area (TPSA) is 53.8 Å². The fraction of sp³-hybridized carbons (Fsp3) is 0.235. The number of hydrogen-bond acceptors (Lipinski definition) is 4. The first-order valence-corrected chi connectivity index (χ1v) is 8.30. The Kier molecular flexibility index (Phi) is 3.22. The maximum absolute atomic E-state index is 11.2. The highest BCUT2D eigenvalue weighted by atomic mass is 32.2. The van der Waals surface area contributed by atoms with Crippen LogP contribution < -0.4 is 5.32 Å². The van der Waals surface area contributed by atoms with E-state index < -0.39 is 0 Å². The van der Waals surface area contributed by atoms with E-state index in [1.54, 1.807) is 0 Å². The number of aryl methyl sites for hydroxylation is 2. The van der Waals surface area contributed by atoms with E-state index in [0.717, 1.165) is 24.1 Å². The first kappa shape index (κ1) is 13.5. The molecule has 0 spiro atoms. The van der Waals surface area contributed by atoms with E-state index in [1.165, 1.54) is 33.7 Å². The Labute approximate surface area is 132 Å². The molecule has 0 saturated carbocycles. The summed E-state index contributed by atoms with van der Waals surface area (Å²) in [5, 5.41) is 14.4.